The van der Waals surface area contributed by atoms with Crippen molar-refractivity contribution < 1.29 is 9.53 Å². The monoisotopic (exact) mass is 258 g/mol. The first-order chi connectivity index (χ1) is 8.29. The van der Waals surface area contributed by atoms with Gasteiger partial charge in [0, 0.05) is 32.6 Å². The number of carbonyl (C=O) groups excluding carboxylic acids is 1. The Kier molecular flexibility index (Phi) is 8.20. The molecular formula is C14H30N2O2. The third kappa shape index (κ3) is 7.67. The van der Waals surface area contributed by atoms with Gasteiger partial charge in [0.1, 0.15) is 0 Å². The lowest BCUT2D eigenvalue weighted by Gasteiger charge is -2.25. The molecule has 0 unspecified atom stereocenters. The predicted octanol–water partition coefficient (Wildman–Crippen LogP) is 1.85. The number of amides is 1. The Balaban J connectivity index is 0.000000321. The lowest BCUT2D eigenvalue weighted by molar-refractivity contribution is -0.136. The van der Waals surface area contributed by atoms with Crippen LogP contribution in [0.4, 0.5) is 0 Å². The van der Waals surface area contributed by atoms with Crippen molar-refractivity contribution in [1.82, 2.24) is 9.80 Å². The smallest absolute Gasteiger partial charge is 0.227 e. The molecule has 1 saturated heterocycles. The van der Waals surface area contributed by atoms with Crippen molar-refractivity contribution in [2.75, 3.05) is 46.9 Å². The molecular weight excluding hydrogens is 228 g/mol. The van der Waals surface area contributed by atoms with Gasteiger partial charge in [0.05, 0.1) is 13.2 Å². The Hall–Kier alpha value is -0.610. The van der Waals surface area contributed by atoms with Crippen LogP contribution in [0, 0.1) is 5.41 Å². The highest BCUT2D eigenvalue weighted by Gasteiger charge is 2.22. The molecule has 1 heterocycles. The third-order valence-corrected chi connectivity index (χ3v) is 2.69. The lowest BCUT2D eigenvalue weighted by atomic mass is 9.95. The van der Waals surface area contributed by atoms with Gasteiger partial charge in [-0.1, -0.05) is 27.7 Å². The topological polar surface area (TPSA) is 32.8 Å². The van der Waals surface area contributed by atoms with Crippen LogP contribution in [0.3, 0.4) is 0 Å². The first-order valence-corrected chi connectivity index (χ1v) is 6.81. The van der Waals surface area contributed by atoms with E-state index in [4.69, 9.17) is 4.74 Å². The SMILES string of the molecule is CCCN1CCOCC1.CN(C)C(=O)C(C)(C)C. The summed E-state index contributed by atoms with van der Waals surface area (Å²) in [6.45, 7) is 13.3. The van der Waals surface area contributed by atoms with Gasteiger partial charge in [0.25, 0.3) is 0 Å². The minimum Gasteiger partial charge on any atom is -0.379 e. The highest BCUT2D eigenvalue weighted by molar-refractivity contribution is 5.80. The van der Waals surface area contributed by atoms with E-state index in [-0.39, 0.29) is 11.3 Å². The maximum absolute atomic E-state index is 11.1. The van der Waals surface area contributed by atoms with Crippen LogP contribution in [0.2, 0.25) is 0 Å². The molecule has 0 bridgehead atoms. The number of hydrogen-bond acceptors (Lipinski definition) is 3. The molecule has 0 aromatic carbocycles. The summed E-state index contributed by atoms with van der Waals surface area (Å²) in [5.74, 6) is 0.169. The molecule has 0 aromatic rings. The minimum atomic E-state index is -0.233. The molecule has 1 aliphatic heterocycles. The van der Waals surface area contributed by atoms with Crippen LogP contribution in [0.1, 0.15) is 34.1 Å². The molecule has 0 aliphatic carbocycles. The first kappa shape index (κ1) is 17.4. The highest BCUT2D eigenvalue weighted by atomic mass is 16.5. The van der Waals surface area contributed by atoms with Crippen molar-refractivity contribution in [3.05, 3.63) is 0 Å². The highest BCUT2D eigenvalue weighted by Crippen LogP contribution is 2.14. The van der Waals surface area contributed by atoms with Crippen LogP contribution in [0.5, 0.6) is 0 Å². The molecule has 18 heavy (non-hydrogen) atoms. The van der Waals surface area contributed by atoms with Gasteiger partial charge in [-0.05, 0) is 13.0 Å². The second-order valence-corrected chi connectivity index (χ2v) is 5.90. The van der Waals surface area contributed by atoms with E-state index >= 15 is 0 Å². The van der Waals surface area contributed by atoms with Gasteiger partial charge in [-0.15, -0.1) is 0 Å². The van der Waals surface area contributed by atoms with Gasteiger partial charge in [-0.3, -0.25) is 9.69 Å². The molecule has 0 spiro atoms. The fraction of sp³-hybridized carbons (Fsp3) is 0.929. The number of nitrogens with zero attached hydrogens (tertiary/aromatic N) is 2. The quantitative estimate of drug-likeness (QED) is 0.758. The summed E-state index contributed by atoms with van der Waals surface area (Å²) in [5.41, 5.74) is -0.233. The van der Waals surface area contributed by atoms with Crippen LogP contribution >= 0.6 is 0 Å². The zero-order chi connectivity index (χ0) is 14.2. The zero-order valence-electron chi connectivity index (χ0n) is 13.0. The number of carbonyl (C=O) groups is 1. The van der Waals surface area contributed by atoms with E-state index in [1.807, 2.05) is 20.8 Å². The molecule has 1 amide bonds. The first-order valence-electron chi connectivity index (χ1n) is 6.81. The molecule has 1 fully saturated rings. The van der Waals surface area contributed by atoms with Crippen molar-refractivity contribution in [1.29, 1.82) is 0 Å². The molecule has 1 aliphatic rings. The number of morpholine rings is 1. The Morgan fingerprint density at radius 1 is 1.22 bits per heavy atom. The Labute approximate surface area is 112 Å². The predicted molar refractivity (Wildman–Crippen MR) is 75.7 cm³/mol. The van der Waals surface area contributed by atoms with E-state index in [2.05, 4.69) is 11.8 Å². The Morgan fingerprint density at radius 2 is 1.72 bits per heavy atom. The number of rotatable bonds is 2. The summed E-state index contributed by atoms with van der Waals surface area (Å²) in [5, 5.41) is 0. The maximum atomic E-state index is 11.1. The second kappa shape index (κ2) is 8.48. The Morgan fingerprint density at radius 3 is 2.00 bits per heavy atom. The van der Waals surface area contributed by atoms with E-state index in [9.17, 15) is 4.79 Å². The molecule has 0 saturated carbocycles. The van der Waals surface area contributed by atoms with Gasteiger partial charge >= 0.3 is 0 Å². The molecule has 0 atom stereocenters. The van der Waals surface area contributed by atoms with Crippen molar-refractivity contribution in [3.63, 3.8) is 0 Å². The fourth-order valence-corrected chi connectivity index (χ4v) is 1.81. The average molecular weight is 258 g/mol. The van der Waals surface area contributed by atoms with E-state index in [0.717, 1.165) is 26.3 Å². The van der Waals surface area contributed by atoms with Crippen molar-refractivity contribution in [3.8, 4) is 0 Å². The summed E-state index contributed by atoms with van der Waals surface area (Å²) >= 11 is 0. The standard InChI is InChI=1S/2C7H15NO/c1-2-3-8-4-6-9-7-5-8;1-7(2,3)6(9)8(4)5/h2-7H2,1H3;1-5H3. The van der Waals surface area contributed by atoms with Crippen LogP contribution in [0.15, 0.2) is 0 Å². The number of hydrogen-bond donors (Lipinski definition) is 0. The van der Waals surface area contributed by atoms with E-state index in [0.29, 0.717) is 0 Å². The van der Waals surface area contributed by atoms with Gasteiger partial charge in [0.2, 0.25) is 5.91 Å². The summed E-state index contributed by atoms with van der Waals surface area (Å²) in [6, 6.07) is 0. The van der Waals surface area contributed by atoms with Crippen molar-refractivity contribution in [2.24, 2.45) is 5.41 Å². The fourth-order valence-electron chi connectivity index (χ4n) is 1.81. The molecule has 1 rings (SSSR count). The molecule has 0 aromatic heterocycles. The minimum absolute atomic E-state index is 0.169. The molecule has 0 radical (unpaired) electrons. The van der Waals surface area contributed by atoms with Gasteiger partial charge < -0.3 is 9.64 Å². The normalized spacial score (nSPS) is 16.8. The van der Waals surface area contributed by atoms with Gasteiger partial charge in [-0.2, -0.15) is 0 Å². The summed E-state index contributed by atoms with van der Waals surface area (Å²) < 4.78 is 5.20. The summed E-state index contributed by atoms with van der Waals surface area (Å²) in [6.07, 6.45) is 1.26. The summed E-state index contributed by atoms with van der Waals surface area (Å²) in [7, 11) is 3.54. The van der Waals surface area contributed by atoms with Crippen LogP contribution in [-0.2, 0) is 9.53 Å². The van der Waals surface area contributed by atoms with E-state index < -0.39 is 0 Å². The van der Waals surface area contributed by atoms with Crippen LogP contribution in [0.25, 0.3) is 0 Å². The molecule has 4 nitrogen and oxygen atoms in total. The van der Waals surface area contributed by atoms with Gasteiger partial charge in [0.15, 0.2) is 0 Å². The van der Waals surface area contributed by atoms with Crippen molar-refractivity contribution >= 4 is 5.91 Å². The van der Waals surface area contributed by atoms with E-state index in [1.165, 1.54) is 13.0 Å². The molecule has 0 N–H and O–H groups in total. The van der Waals surface area contributed by atoms with Crippen LogP contribution in [-0.4, -0.2) is 62.7 Å². The summed E-state index contributed by atoms with van der Waals surface area (Å²) in [4.78, 5) is 15.1. The average Bonchev–Trinajstić information content (AvgIpc) is 2.29. The largest absolute Gasteiger partial charge is 0.379 e. The second-order valence-electron chi connectivity index (χ2n) is 5.90. The number of ether oxygens (including phenoxy) is 1. The zero-order valence-corrected chi connectivity index (χ0v) is 13.0. The van der Waals surface area contributed by atoms with Crippen molar-refractivity contribution in [2.45, 2.75) is 34.1 Å². The molecule has 108 valence electrons. The van der Waals surface area contributed by atoms with E-state index in [1.54, 1.807) is 19.0 Å². The Bertz CT molecular complexity index is 226. The van der Waals surface area contributed by atoms with Gasteiger partial charge in [-0.25, -0.2) is 0 Å². The third-order valence-electron chi connectivity index (χ3n) is 2.69. The molecule has 4 heteroatoms. The lowest BCUT2D eigenvalue weighted by Crippen LogP contribution is -2.36. The van der Waals surface area contributed by atoms with Crippen LogP contribution < -0.4 is 0 Å². The maximum Gasteiger partial charge on any atom is 0.227 e.